The number of halogens is 3. The van der Waals surface area contributed by atoms with Crippen LogP contribution in [0.5, 0.6) is 0 Å². The summed E-state index contributed by atoms with van der Waals surface area (Å²) in [6.07, 6.45) is -3.57. The topological polar surface area (TPSA) is 76.5 Å². The highest BCUT2D eigenvalue weighted by molar-refractivity contribution is 5.79. The molecule has 0 aliphatic carbocycles. The molecule has 0 spiro atoms. The molecule has 0 atom stereocenters. The summed E-state index contributed by atoms with van der Waals surface area (Å²) in [7, 11) is 0. The van der Waals surface area contributed by atoms with Gasteiger partial charge in [-0.1, -0.05) is 6.07 Å². The van der Waals surface area contributed by atoms with Gasteiger partial charge in [0.15, 0.2) is 0 Å². The van der Waals surface area contributed by atoms with Crippen LogP contribution in [0.1, 0.15) is 56.1 Å². The van der Waals surface area contributed by atoms with Crippen molar-refractivity contribution in [2.75, 3.05) is 13.1 Å². The molecule has 0 saturated carbocycles. The molecule has 1 N–H and O–H groups in total. The van der Waals surface area contributed by atoms with E-state index in [9.17, 15) is 22.8 Å². The maximum absolute atomic E-state index is 13.1. The average molecular weight is 481 g/mol. The largest absolute Gasteiger partial charge is 0.444 e. The van der Waals surface area contributed by atoms with Crippen molar-refractivity contribution in [1.82, 2.24) is 20.0 Å². The van der Waals surface area contributed by atoms with Gasteiger partial charge < -0.3 is 15.0 Å². The van der Waals surface area contributed by atoms with Gasteiger partial charge in [0.05, 0.1) is 23.4 Å². The molecule has 10 heteroatoms. The van der Waals surface area contributed by atoms with Gasteiger partial charge in [-0.2, -0.15) is 18.3 Å². The van der Waals surface area contributed by atoms with E-state index in [2.05, 4.69) is 10.4 Å². The molecule has 186 valence electrons. The number of hydrogen-bond acceptors (Lipinski definition) is 4. The van der Waals surface area contributed by atoms with E-state index in [0.29, 0.717) is 48.6 Å². The van der Waals surface area contributed by atoms with Gasteiger partial charge in [0.1, 0.15) is 5.60 Å². The van der Waals surface area contributed by atoms with Crippen LogP contribution in [0.25, 0.3) is 5.69 Å². The van der Waals surface area contributed by atoms with Crippen LogP contribution in [0, 0.1) is 13.8 Å². The molecule has 0 radical (unpaired) electrons. The van der Waals surface area contributed by atoms with Crippen LogP contribution in [0.4, 0.5) is 18.0 Å². The molecule has 7 nitrogen and oxygen atoms in total. The van der Waals surface area contributed by atoms with Crippen LogP contribution in [0.15, 0.2) is 24.3 Å². The third kappa shape index (κ3) is 6.30. The van der Waals surface area contributed by atoms with Gasteiger partial charge in [0.25, 0.3) is 0 Å². The number of alkyl halides is 3. The lowest BCUT2D eigenvalue weighted by atomic mass is 10.0. The number of hydrogen-bond donors (Lipinski definition) is 1. The number of carbonyl (C=O) groups excluding carboxylic acids is 2. The summed E-state index contributed by atoms with van der Waals surface area (Å²) < 4.78 is 46.1. The maximum atomic E-state index is 13.1. The minimum Gasteiger partial charge on any atom is -0.444 e. The Hall–Kier alpha value is -3.04. The quantitative estimate of drug-likeness (QED) is 0.696. The normalized spacial score (nSPS) is 15.4. The van der Waals surface area contributed by atoms with Crippen molar-refractivity contribution in [2.45, 2.75) is 71.7 Å². The molecule has 1 aliphatic heterocycles. The first-order valence-electron chi connectivity index (χ1n) is 11.2. The first kappa shape index (κ1) is 25.6. The number of amides is 2. The van der Waals surface area contributed by atoms with Gasteiger partial charge in [-0.05, 0) is 65.7 Å². The number of nitrogens with one attached hydrogen (secondary N) is 1. The highest BCUT2D eigenvalue weighted by atomic mass is 19.4. The Labute approximate surface area is 197 Å². The smallest absolute Gasteiger partial charge is 0.416 e. The molecule has 3 rings (SSSR count). The molecular weight excluding hydrogens is 449 g/mol. The molecule has 34 heavy (non-hydrogen) atoms. The van der Waals surface area contributed by atoms with E-state index >= 15 is 0 Å². The van der Waals surface area contributed by atoms with E-state index in [-0.39, 0.29) is 18.4 Å². The van der Waals surface area contributed by atoms with Gasteiger partial charge in [-0.25, -0.2) is 9.48 Å². The lowest BCUT2D eigenvalue weighted by molar-refractivity contribution is -0.137. The fourth-order valence-corrected chi connectivity index (χ4v) is 4.01. The van der Waals surface area contributed by atoms with Gasteiger partial charge in [-0.15, -0.1) is 0 Å². The van der Waals surface area contributed by atoms with Crippen LogP contribution in [0.2, 0.25) is 0 Å². The Balaban J connectivity index is 1.64. The zero-order valence-corrected chi connectivity index (χ0v) is 20.1. The number of piperidine rings is 1. The number of carbonyl (C=O) groups is 2. The molecule has 2 amide bonds. The van der Waals surface area contributed by atoms with E-state index in [1.54, 1.807) is 45.6 Å². The molecule has 2 aromatic rings. The van der Waals surface area contributed by atoms with Gasteiger partial charge in [0, 0.05) is 30.4 Å². The number of alkyl carbamates (subject to hydrolysis) is 1. The molecular formula is C24H31F3N4O3. The Morgan fingerprint density at radius 2 is 1.79 bits per heavy atom. The van der Waals surface area contributed by atoms with Crippen molar-refractivity contribution >= 4 is 12.0 Å². The summed E-state index contributed by atoms with van der Waals surface area (Å²) in [5.41, 5.74) is 0.906. The van der Waals surface area contributed by atoms with E-state index in [0.717, 1.165) is 12.1 Å². The number of ether oxygens (including phenoxy) is 1. The van der Waals surface area contributed by atoms with E-state index in [1.807, 2.05) is 0 Å². The molecule has 1 saturated heterocycles. The summed E-state index contributed by atoms with van der Waals surface area (Å²) in [6, 6.07) is 4.90. The Bertz CT molecular complexity index is 1050. The second kappa shape index (κ2) is 9.68. The molecule has 0 bridgehead atoms. The highest BCUT2D eigenvalue weighted by Crippen LogP contribution is 2.31. The first-order valence-corrected chi connectivity index (χ1v) is 11.2. The van der Waals surface area contributed by atoms with Crippen molar-refractivity contribution < 1.29 is 27.5 Å². The summed E-state index contributed by atoms with van der Waals surface area (Å²) in [5, 5.41) is 7.24. The van der Waals surface area contributed by atoms with Gasteiger partial charge in [-0.3, -0.25) is 4.79 Å². The van der Waals surface area contributed by atoms with Crippen LogP contribution in [0.3, 0.4) is 0 Å². The molecule has 0 unspecified atom stereocenters. The second-order valence-corrected chi connectivity index (χ2v) is 9.59. The van der Waals surface area contributed by atoms with Crippen molar-refractivity contribution in [3.63, 3.8) is 0 Å². The van der Waals surface area contributed by atoms with Crippen molar-refractivity contribution in [1.29, 1.82) is 0 Å². The van der Waals surface area contributed by atoms with Gasteiger partial charge in [0.2, 0.25) is 5.91 Å². The van der Waals surface area contributed by atoms with Gasteiger partial charge >= 0.3 is 12.3 Å². The van der Waals surface area contributed by atoms with Crippen LogP contribution in [-0.2, 0) is 22.1 Å². The zero-order valence-electron chi connectivity index (χ0n) is 20.1. The fourth-order valence-electron chi connectivity index (χ4n) is 4.01. The fraction of sp³-hybridized carbons (Fsp3) is 0.542. The standard InChI is InChI=1S/C24H31F3N4O3/c1-15-20(16(2)31(29-15)19-8-6-7-17(13-19)24(25,26)27)14-21(32)30-11-9-18(10-12-30)28-22(33)34-23(3,4)5/h6-8,13,18H,9-12,14H2,1-5H3,(H,28,33). The van der Waals surface area contributed by atoms with E-state index in [4.69, 9.17) is 4.74 Å². The van der Waals surface area contributed by atoms with Crippen LogP contribution >= 0.6 is 0 Å². The van der Waals surface area contributed by atoms with E-state index < -0.39 is 23.4 Å². The minimum absolute atomic E-state index is 0.0639. The number of likely N-dealkylation sites (tertiary alicyclic amines) is 1. The van der Waals surface area contributed by atoms with E-state index in [1.165, 1.54) is 10.7 Å². The predicted molar refractivity (Wildman–Crippen MR) is 121 cm³/mol. The summed E-state index contributed by atoms with van der Waals surface area (Å²) in [6.45, 7) is 9.89. The van der Waals surface area contributed by atoms with Crippen molar-refractivity contribution in [2.24, 2.45) is 0 Å². The Kier molecular flexibility index (Phi) is 7.28. The highest BCUT2D eigenvalue weighted by Gasteiger charge is 2.31. The monoisotopic (exact) mass is 480 g/mol. The molecule has 1 aromatic carbocycles. The number of rotatable bonds is 4. The maximum Gasteiger partial charge on any atom is 0.416 e. The number of benzene rings is 1. The SMILES string of the molecule is Cc1nn(-c2cccc(C(F)(F)F)c2)c(C)c1CC(=O)N1CCC(NC(=O)OC(C)(C)C)CC1. The lowest BCUT2D eigenvalue weighted by Crippen LogP contribution is -2.48. The summed E-state index contributed by atoms with van der Waals surface area (Å²) in [4.78, 5) is 26.7. The lowest BCUT2D eigenvalue weighted by Gasteiger charge is -2.33. The third-order valence-electron chi connectivity index (χ3n) is 5.76. The average Bonchev–Trinajstić information content (AvgIpc) is 3.00. The molecule has 1 aliphatic rings. The molecule has 2 heterocycles. The van der Waals surface area contributed by atoms with Crippen LogP contribution < -0.4 is 5.32 Å². The zero-order chi connectivity index (χ0) is 25.3. The molecule has 1 aromatic heterocycles. The molecule has 1 fully saturated rings. The number of aryl methyl sites for hydroxylation is 1. The Morgan fingerprint density at radius 3 is 2.38 bits per heavy atom. The number of nitrogens with zero attached hydrogens (tertiary/aromatic N) is 3. The second-order valence-electron chi connectivity index (χ2n) is 9.59. The summed E-state index contributed by atoms with van der Waals surface area (Å²) >= 11 is 0. The minimum atomic E-state index is -4.45. The van der Waals surface area contributed by atoms with Crippen molar-refractivity contribution in [3.8, 4) is 5.69 Å². The van der Waals surface area contributed by atoms with Crippen LogP contribution in [-0.4, -0.2) is 51.4 Å². The Morgan fingerprint density at radius 1 is 1.15 bits per heavy atom. The van der Waals surface area contributed by atoms with Crippen molar-refractivity contribution in [3.05, 3.63) is 46.8 Å². The first-order chi connectivity index (χ1) is 15.7. The number of aromatic nitrogens is 2. The summed E-state index contributed by atoms with van der Waals surface area (Å²) in [5.74, 6) is -0.0782. The third-order valence-corrected chi connectivity index (χ3v) is 5.76. The predicted octanol–water partition coefficient (Wildman–Crippen LogP) is 4.57.